The van der Waals surface area contributed by atoms with Crippen LogP contribution in [-0.4, -0.2) is 27.6 Å². The quantitative estimate of drug-likeness (QED) is 0.287. The lowest BCUT2D eigenvalue weighted by molar-refractivity contribution is -0.418. The van der Waals surface area contributed by atoms with E-state index in [1.807, 2.05) is 0 Å². The lowest BCUT2D eigenvalue weighted by Crippen LogP contribution is -2.31. The van der Waals surface area contributed by atoms with E-state index in [1.165, 1.54) is 24.0 Å². The first kappa shape index (κ1) is 10.2. The number of aryl methyl sites for hydroxylation is 1. The van der Waals surface area contributed by atoms with Crippen LogP contribution >= 0.6 is 0 Å². The van der Waals surface area contributed by atoms with Crippen molar-refractivity contribution in [3.8, 4) is 0 Å². The molecule has 6 nitrogen and oxygen atoms in total. The van der Waals surface area contributed by atoms with Gasteiger partial charge in [0.25, 0.3) is 5.56 Å². The molecule has 0 aliphatic heterocycles. The fourth-order valence-corrected chi connectivity index (χ4v) is 0.957. The molecule has 0 amide bonds. The van der Waals surface area contributed by atoms with Gasteiger partial charge in [0.1, 0.15) is 13.6 Å². The smallest absolute Gasteiger partial charge is 0.328 e. The zero-order chi connectivity index (χ0) is 10.7. The summed E-state index contributed by atoms with van der Waals surface area (Å²) < 4.78 is 1.86. The van der Waals surface area contributed by atoms with Crippen LogP contribution in [0.4, 0.5) is 0 Å². The number of nitrogens with one attached hydrogen (secondary N) is 1. The molecule has 0 radical (unpaired) electrons. The molecular weight excluding hydrogens is 186 g/mol. The number of hydroxylamine groups is 1. The number of rotatable bonds is 2. The van der Waals surface area contributed by atoms with Gasteiger partial charge in [0.15, 0.2) is 6.21 Å². The monoisotopic (exact) mass is 197 g/mol. The Morgan fingerprint density at radius 2 is 2.29 bits per heavy atom. The maximum atomic E-state index is 11.2. The number of aromatic amines is 1. The topological polar surface area (TPSA) is 80.9 Å². The second-order valence-electron chi connectivity index (χ2n) is 2.95. The highest BCUT2D eigenvalue weighted by molar-refractivity contribution is 5.50. The molecule has 1 rings (SSSR count). The van der Waals surface area contributed by atoms with Gasteiger partial charge in [-0.3, -0.25) is 14.3 Å². The van der Waals surface area contributed by atoms with E-state index in [9.17, 15) is 14.8 Å². The summed E-state index contributed by atoms with van der Waals surface area (Å²) in [5.41, 5.74) is -0.480. The van der Waals surface area contributed by atoms with E-state index in [2.05, 4.69) is 4.98 Å². The predicted octanol–water partition coefficient (Wildman–Crippen LogP) is -0.944. The van der Waals surface area contributed by atoms with Gasteiger partial charge >= 0.3 is 5.69 Å². The third kappa shape index (κ3) is 2.32. The summed E-state index contributed by atoms with van der Waals surface area (Å²) in [6.07, 6.45) is 2.71. The Kier molecular flexibility index (Phi) is 2.85. The van der Waals surface area contributed by atoms with E-state index in [-0.39, 0.29) is 6.54 Å². The molecule has 0 spiro atoms. The lowest BCUT2D eigenvalue weighted by atomic mass is 10.4. The minimum atomic E-state index is -0.515. The molecule has 1 heterocycles. The first-order valence-electron chi connectivity index (χ1n) is 4.04. The molecule has 14 heavy (non-hydrogen) atoms. The Morgan fingerprint density at radius 3 is 2.86 bits per heavy atom. The molecular formula is C8H11N3O3. The van der Waals surface area contributed by atoms with Gasteiger partial charge in [0.2, 0.25) is 0 Å². The second kappa shape index (κ2) is 3.91. The molecule has 1 aromatic rings. The maximum absolute atomic E-state index is 11.2. The van der Waals surface area contributed by atoms with Crippen LogP contribution in [-0.2, 0) is 6.54 Å². The number of nitrogens with zero attached hydrogens (tertiary/aromatic N) is 2. The Morgan fingerprint density at radius 1 is 1.64 bits per heavy atom. The average molecular weight is 197 g/mol. The molecule has 1 aromatic heterocycles. The lowest BCUT2D eigenvalue weighted by Gasteiger charge is -2.01. The van der Waals surface area contributed by atoms with E-state index in [0.717, 1.165) is 0 Å². The van der Waals surface area contributed by atoms with Crippen LogP contribution in [0.3, 0.4) is 0 Å². The summed E-state index contributed by atoms with van der Waals surface area (Å²) in [4.78, 5) is 24.3. The predicted molar refractivity (Wildman–Crippen MR) is 51.7 cm³/mol. The Labute approximate surface area is 79.7 Å². The normalized spacial score (nSPS) is 11.7. The molecule has 0 bridgehead atoms. The minimum absolute atomic E-state index is 0.149. The van der Waals surface area contributed by atoms with Crippen molar-refractivity contribution in [2.24, 2.45) is 0 Å². The fourth-order valence-electron chi connectivity index (χ4n) is 0.957. The Bertz CT molecular complexity index is 465. The summed E-state index contributed by atoms with van der Waals surface area (Å²) in [5, 5.41) is 10.6. The van der Waals surface area contributed by atoms with Gasteiger partial charge < -0.3 is 5.21 Å². The maximum Gasteiger partial charge on any atom is 0.328 e. The number of H-pyrrole nitrogens is 1. The molecule has 0 atom stereocenters. The number of aromatic nitrogens is 2. The van der Waals surface area contributed by atoms with E-state index in [0.29, 0.717) is 10.3 Å². The van der Waals surface area contributed by atoms with Crippen molar-refractivity contribution in [2.45, 2.75) is 13.5 Å². The highest BCUT2D eigenvalue weighted by Crippen LogP contribution is 1.82. The molecule has 0 saturated carbocycles. The fraction of sp³-hybridized carbons (Fsp3) is 0.375. The number of hydrogen-bond acceptors (Lipinski definition) is 3. The summed E-state index contributed by atoms with van der Waals surface area (Å²) in [6.45, 7) is 1.74. The van der Waals surface area contributed by atoms with Crippen LogP contribution in [0.5, 0.6) is 0 Å². The van der Waals surface area contributed by atoms with E-state index < -0.39 is 11.2 Å². The summed E-state index contributed by atoms with van der Waals surface area (Å²) >= 11 is 0. The first-order chi connectivity index (χ1) is 6.50. The van der Waals surface area contributed by atoms with E-state index >= 15 is 0 Å². The van der Waals surface area contributed by atoms with E-state index in [4.69, 9.17) is 0 Å². The van der Waals surface area contributed by atoms with Gasteiger partial charge in [-0.25, -0.2) is 9.53 Å². The molecule has 0 fully saturated rings. The van der Waals surface area contributed by atoms with Crippen molar-refractivity contribution in [1.82, 2.24) is 9.55 Å². The minimum Gasteiger partial charge on any atom is -0.624 e. The van der Waals surface area contributed by atoms with Gasteiger partial charge in [-0.15, -0.1) is 0 Å². The average Bonchev–Trinajstić information content (AvgIpc) is 2.09. The Hall–Kier alpha value is -1.85. The molecule has 0 aliphatic rings. The molecule has 0 aromatic carbocycles. The third-order valence-electron chi connectivity index (χ3n) is 1.72. The van der Waals surface area contributed by atoms with Crippen LogP contribution < -0.4 is 11.2 Å². The standard InChI is InChI=1S/C8H11N3O3/c1-6-5-11(4-3-10(2)14)8(13)9-7(6)12/h3,5H,4H2,1-2H3,(H,9,12,13)/b10-3-. The van der Waals surface area contributed by atoms with Crippen molar-refractivity contribution < 1.29 is 4.74 Å². The van der Waals surface area contributed by atoms with Crippen LogP contribution in [0.2, 0.25) is 0 Å². The molecule has 0 unspecified atom stereocenters. The molecule has 6 heteroatoms. The first-order valence-corrected chi connectivity index (χ1v) is 4.04. The molecule has 0 saturated heterocycles. The van der Waals surface area contributed by atoms with Crippen LogP contribution in [0.1, 0.15) is 5.56 Å². The highest BCUT2D eigenvalue weighted by Gasteiger charge is 1.99. The van der Waals surface area contributed by atoms with Gasteiger partial charge in [0, 0.05) is 11.8 Å². The second-order valence-corrected chi connectivity index (χ2v) is 2.95. The van der Waals surface area contributed by atoms with Crippen molar-refractivity contribution >= 4 is 6.21 Å². The SMILES string of the molecule is Cc1cn(C/C=[N+](/C)[O-])c(=O)[nH]c1=O. The van der Waals surface area contributed by atoms with Gasteiger partial charge in [-0.05, 0) is 6.92 Å². The number of hydrogen-bond donors (Lipinski definition) is 1. The summed E-state index contributed by atoms with van der Waals surface area (Å²) in [6, 6.07) is 0. The van der Waals surface area contributed by atoms with Gasteiger partial charge in [0.05, 0.1) is 0 Å². The van der Waals surface area contributed by atoms with Crippen molar-refractivity contribution in [2.75, 3.05) is 7.05 Å². The van der Waals surface area contributed by atoms with Gasteiger partial charge in [-0.1, -0.05) is 0 Å². The van der Waals surface area contributed by atoms with Crippen molar-refractivity contribution in [3.05, 3.63) is 37.8 Å². The zero-order valence-electron chi connectivity index (χ0n) is 7.98. The molecule has 76 valence electrons. The van der Waals surface area contributed by atoms with Crippen molar-refractivity contribution in [1.29, 1.82) is 0 Å². The van der Waals surface area contributed by atoms with E-state index in [1.54, 1.807) is 6.92 Å². The van der Waals surface area contributed by atoms with Crippen LogP contribution in [0, 0.1) is 12.1 Å². The van der Waals surface area contributed by atoms with Gasteiger partial charge in [-0.2, -0.15) is 0 Å². The zero-order valence-corrected chi connectivity index (χ0v) is 7.98. The summed E-state index contributed by atoms with van der Waals surface area (Å²) in [7, 11) is 1.32. The van der Waals surface area contributed by atoms with Crippen LogP contribution in [0.25, 0.3) is 0 Å². The largest absolute Gasteiger partial charge is 0.624 e. The molecule has 1 N–H and O–H groups in total. The summed E-state index contributed by atoms with van der Waals surface area (Å²) in [5.74, 6) is 0. The molecule has 0 aliphatic carbocycles. The highest BCUT2D eigenvalue weighted by atomic mass is 16.5. The van der Waals surface area contributed by atoms with Crippen LogP contribution in [0.15, 0.2) is 15.8 Å². The Balaban J connectivity index is 3.11. The third-order valence-corrected chi connectivity index (χ3v) is 1.72. The van der Waals surface area contributed by atoms with Crippen molar-refractivity contribution in [3.63, 3.8) is 0 Å².